The lowest BCUT2D eigenvalue weighted by atomic mass is 9.76. The molecule has 0 bridgehead atoms. The van der Waals surface area contributed by atoms with Crippen LogP contribution in [0.15, 0.2) is 72.0 Å². The molecule has 2 aliphatic rings. The Morgan fingerprint density at radius 1 is 1.00 bits per heavy atom. The largest absolute Gasteiger partial charge is 0.511 e. The van der Waals surface area contributed by atoms with Gasteiger partial charge in [-0.25, -0.2) is 9.97 Å². The van der Waals surface area contributed by atoms with Crippen LogP contribution in [0, 0.1) is 11.8 Å². The second-order valence-corrected chi connectivity index (χ2v) is 9.87. The Bertz CT molecular complexity index is 1300. The first kappa shape index (κ1) is 24.9. The third-order valence-electron chi connectivity index (χ3n) is 7.29. The summed E-state index contributed by atoms with van der Waals surface area (Å²) in [6.45, 7) is 9.15. The number of hydrogen-bond donors (Lipinski definition) is 2. The number of allylic oxidation sites excluding steroid dienone is 3. The normalized spacial score (nSPS) is 20.4. The van der Waals surface area contributed by atoms with Gasteiger partial charge in [0.2, 0.25) is 0 Å². The van der Waals surface area contributed by atoms with E-state index < -0.39 is 5.92 Å². The number of rotatable bonds is 6. The summed E-state index contributed by atoms with van der Waals surface area (Å²) in [6.07, 6.45) is 5.15. The third kappa shape index (κ3) is 4.69. The zero-order valence-corrected chi connectivity index (χ0v) is 21.8. The molecule has 8 heteroatoms. The van der Waals surface area contributed by atoms with Crippen LogP contribution in [-0.2, 0) is 4.74 Å². The van der Waals surface area contributed by atoms with Crippen LogP contribution in [-0.4, -0.2) is 58.2 Å². The predicted octanol–water partition coefficient (Wildman–Crippen LogP) is 5.42. The van der Waals surface area contributed by atoms with E-state index in [1.54, 1.807) is 7.11 Å². The number of nitrogens with zero attached hydrogens (tertiary/aromatic N) is 4. The van der Waals surface area contributed by atoms with Crippen molar-refractivity contribution in [1.29, 1.82) is 0 Å². The molecule has 5 rings (SSSR count). The quantitative estimate of drug-likeness (QED) is 0.465. The molecule has 194 valence electrons. The first-order valence-electron chi connectivity index (χ1n) is 12.7. The fourth-order valence-electron chi connectivity index (χ4n) is 5.47. The fraction of sp³-hybridized carbons (Fsp3) is 0.379. The molecular weight excluding hydrogens is 468 g/mol. The highest BCUT2D eigenvalue weighted by Crippen LogP contribution is 2.43. The van der Waals surface area contributed by atoms with Crippen LogP contribution in [0.3, 0.4) is 0 Å². The Morgan fingerprint density at radius 2 is 1.73 bits per heavy atom. The van der Waals surface area contributed by atoms with E-state index in [1.807, 2.05) is 55.7 Å². The third-order valence-corrected chi connectivity index (χ3v) is 7.29. The van der Waals surface area contributed by atoms with Crippen LogP contribution in [0.5, 0.6) is 5.75 Å². The molecule has 2 aromatic heterocycles. The number of pyridine rings is 1. The maximum Gasteiger partial charge on any atom is 0.128 e. The molecular formula is C29H34N4O4. The van der Waals surface area contributed by atoms with Crippen LogP contribution < -0.4 is 9.64 Å². The smallest absolute Gasteiger partial charge is 0.128 e. The first-order chi connectivity index (χ1) is 17.9. The number of aliphatic hydroxyl groups is 2. The van der Waals surface area contributed by atoms with E-state index in [0.717, 1.165) is 47.2 Å². The number of aromatic nitrogens is 3. The highest BCUT2D eigenvalue weighted by Gasteiger charge is 2.37. The van der Waals surface area contributed by atoms with E-state index in [-0.39, 0.29) is 23.4 Å². The minimum absolute atomic E-state index is 0.0976. The second kappa shape index (κ2) is 10.3. The maximum atomic E-state index is 11.1. The van der Waals surface area contributed by atoms with Crippen molar-refractivity contribution in [2.24, 2.45) is 11.8 Å². The van der Waals surface area contributed by atoms with Crippen molar-refractivity contribution >= 4 is 5.82 Å². The lowest BCUT2D eigenvalue weighted by molar-refractivity contribution is 0.122. The van der Waals surface area contributed by atoms with Gasteiger partial charge < -0.3 is 24.6 Å². The maximum absolute atomic E-state index is 11.1. The van der Waals surface area contributed by atoms with Crippen LogP contribution >= 0.6 is 0 Å². The predicted molar refractivity (Wildman–Crippen MR) is 143 cm³/mol. The van der Waals surface area contributed by atoms with E-state index in [1.165, 1.54) is 6.08 Å². The van der Waals surface area contributed by atoms with Crippen LogP contribution in [0.25, 0.3) is 16.9 Å². The van der Waals surface area contributed by atoms with Crippen molar-refractivity contribution in [3.63, 3.8) is 0 Å². The Hall–Kier alpha value is -3.78. The van der Waals surface area contributed by atoms with E-state index in [2.05, 4.69) is 23.3 Å². The average molecular weight is 503 g/mol. The molecule has 0 spiro atoms. The molecule has 1 saturated heterocycles. The fourth-order valence-corrected chi connectivity index (χ4v) is 5.47. The Balaban J connectivity index is 1.62. The minimum atomic E-state index is -0.417. The molecule has 8 nitrogen and oxygen atoms in total. The number of imidazole rings is 1. The lowest BCUT2D eigenvalue weighted by Crippen LogP contribution is -2.36. The van der Waals surface area contributed by atoms with Crippen LogP contribution in [0.1, 0.15) is 32.5 Å². The van der Waals surface area contributed by atoms with Gasteiger partial charge in [-0.2, -0.15) is 0 Å². The molecule has 2 N–H and O–H groups in total. The minimum Gasteiger partial charge on any atom is -0.511 e. The molecule has 0 amide bonds. The van der Waals surface area contributed by atoms with Gasteiger partial charge in [0.1, 0.15) is 28.9 Å². The van der Waals surface area contributed by atoms with Gasteiger partial charge in [-0.1, -0.05) is 20.8 Å². The van der Waals surface area contributed by atoms with Crippen molar-refractivity contribution in [1.82, 2.24) is 14.5 Å². The summed E-state index contributed by atoms with van der Waals surface area (Å²) in [5.74, 6) is 2.18. The van der Waals surface area contributed by atoms with Gasteiger partial charge in [0.05, 0.1) is 50.0 Å². The number of benzene rings is 1. The summed E-state index contributed by atoms with van der Waals surface area (Å²) in [5.41, 5.74) is 3.60. The molecule has 0 saturated carbocycles. The van der Waals surface area contributed by atoms with Crippen molar-refractivity contribution in [2.75, 3.05) is 38.3 Å². The van der Waals surface area contributed by atoms with Crippen molar-refractivity contribution in [3.8, 4) is 22.7 Å². The molecule has 1 aliphatic heterocycles. The Kier molecular flexibility index (Phi) is 6.93. The molecule has 37 heavy (non-hydrogen) atoms. The summed E-state index contributed by atoms with van der Waals surface area (Å²) in [4.78, 5) is 11.8. The molecule has 1 aromatic carbocycles. The molecule has 2 unspecified atom stereocenters. The van der Waals surface area contributed by atoms with Crippen LogP contribution in [0.4, 0.5) is 5.82 Å². The highest BCUT2D eigenvalue weighted by atomic mass is 16.5. The van der Waals surface area contributed by atoms with Gasteiger partial charge in [-0.05, 0) is 53.8 Å². The SMILES string of the molecule is COc1ccc(-c2cnc(C3C(O)=CC(O)=C(C(C)C)C3C)n2-c2ccc(N3CCOCC3)nc2)cc1. The van der Waals surface area contributed by atoms with E-state index >= 15 is 0 Å². The van der Waals surface area contributed by atoms with Gasteiger partial charge in [-0.3, -0.25) is 4.57 Å². The number of aliphatic hydroxyl groups excluding tert-OH is 2. The summed E-state index contributed by atoms with van der Waals surface area (Å²) in [7, 11) is 1.65. The van der Waals surface area contributed by atoms with Gasteiger partial charge in [0, 0.05) is 24.7 Å². The molecule has 1 fully saturated rings. The summed E-state index contributed by atoms with van der Waals surface area (Å²) >= 11 is 0. The highest BCUT2D eigenvalue weighted by molar-refractivity contribution is 5.64. The van der Waals surface area contributed by atoms with Crippen molar-refractivity contribution < 1.29 is 19.7 Å². The monoisotopic (exact) mass is 502 g/mol. The molecule has 2 atom stereocenters. The molecule has 3 aromatic rings. The molecule has 3 heterocycles. The van der Waals surface area contributed by atoms with Crippen molar-refractivity contribution in [3.05, 3.63) is 77.8 Å². The number of anilines is 1. The number of ether oxygens (including phenoxy) is 2. The topological polar surface area (TPSA) is 92.9 Å². The number of hydrogen-bond acceptors (Lipinski definition) is 7. The van der Waals surface area contributed by atoms with Gasteiger partial charge in [0.15, 0.2) is 0 Å². The Morgan fingerprint density at radius 3 is 2.35 bits per heavy atom. The van der Waals surface area contributed by atoms with Gasteiger partial charge in [0.25, 0.3) is 0 Å². The van der Waals surface area contributed by atoms with Crippen LogP contribution in [0.2, 0.25) is 0 Å². The van der Waals surface area contributed by atoms with Gasteiger partial charge >= 0.3 is 0 Å². The summed E-state index contributed by atoms with van der Waals surface area (Å²) in [6, 6.07) is 11.9. The Labute approximate surface area is 217 Å². The molecule has 1 aliphatic carbocycles. The first-order valence-corrected chi connectivity index (χ1v) is 12.7. The van der Waals surface area contributed by atoms with E-state index in [4.69, 9.17) is 19.4 Å². The second-order valence-electron chi connectivity index (χ2n) is 9.87. The van der Waals surface area contributed by atoms with E-state index in [9.17, 15) is 10.2 Å². The standard InChI is InChI=1S/C29H34N4O4/c1-18(2)27-19(3)28(25(35)15-24(27)34)29-31-17-23(20-5-8-22(36-4)9-6-20)33(29)21-7-10-26(30-16-21)32-11-13-37-14-12-32/h5-10,15-19,28,34-35H,11-14H2,1-4H3. The average Bonchev–Trinajstić information content (AvgIpc) is 3.33. The zero-order valence-electron chi connectivity index (χ0n) is 21.8. The van der Waals surface area contributed by atoms with E-state index in [0.29, 0.717) is 19.0 Å². The van der Waals surface area contributed by atoms with Crippen molar-refractivity contribution in [2.45, 2.75) is 26.7 Å². The molecule has 0 radical (unpaired) electrons. The zero-order chi connectivity index (χ0) is 26.1. The number of morpholine rings is 1. The summed E-state index contributed by atoms with van der Waals surface area (Å²) < 4.78 is 12.9. The van der Waals surface area contributed by atoms with Gasteiger partial charge in [-0.15, -0.1) is 0 Å². The number of methoxy groups -OCH3 is 1. The summed E-state index contributed by atoms with van der Waals surface area (Å²) in [5, 5.41) is 21.7. The lowest BCUT2D eigenvalue weighted by Gasteiger charge is -2.32.